The van der Waals surface area contributed by atoms with Crippen LogP contribution in [-0.2, 0) is 39.1 Å². The van der Waals surface area contributed by atoms with Crippen molar-refractivity contribution in [2.24, 2.45) is 13.0 Å². The number of ether oxygens (including phenoxy) is 3. The summed E-state index contributed by atoms with van der Waals surface area (Å²) in [6.45, 7) is 7.50. The highest BCUT2D eigenvalue weighted by molar-refractivity contribution is 5.70. The summed E-state index contributed by atoms with van der Waals surface area (Å²) in [4.78, 5) is 19.4. The standard InChI is InChI=1S/C26H38N4O4/c1-4-21-23(30-13-8-9-19(17-30)15-25(31)32-5-2)12-11-22(28-21)20-16-27-29(3)24(20)18-34-26-10-6-7-14-33-26/h11-12,16,19,26H,4-10,13-15,17-18H2,1-3H3/t19-,26?/m1/s1. The van der Waals surface area contributed by atoms with E-state index < -0.39 is 0 Å². The normalized spacial score (nSPS) is 21.0. The smallest absolute Gasteiger partial charge is 0.306 e. The number of hydrogen-bond acceptors (Lipinski definition) is 7. The SMILES string of the molecule is CCOC(=O)C[C@H]1CCCN(c2ccc(-c3cnn(C)c3COC3CCCCO3)nc2CC)C1. The third kappa shape index (κ3) is 5.96. The number of carbonyl (C=O) groups is 1. The van der Waals surface area contributed by atoms with Crippen molar-refractivity contribution in [1.29, 1.82) is 0 Å². The van der Waals surface area contributed by atoms with E-state index in [1.54, 1.807) is 0 Å². The molecule has 0 radical (unpaired) electrons. The van der Waals surface area contributed by atoms with Crippen LogP contribution in [0.15, 0.2) is 18.3 Å². The van der Waals surface area contributed by atoms with Gasteiger partial charge in [-0.3, -0.25) is 14.5 Å². The molecule has 2 aromatic rings. The molecule has 8 heteroatoms. The Morgan fingerprint density at radius 3 is 2.85 bits per heavy atom. The summed E-state index contributed by atoms with van der Waals surface area (Å²) in [7, 11) is 1.94. The first-order valence-corrected chi connectivity index (χ1v) is 12.7. The largest absolute Gasteiger partial charge is 0.466 e. The molecule has 0 amide bonds. The maximum absolute atomic E-state index is 12.0. The molecule has 0 bridgehead atoms. The zero-order valence-corrected chi connectivity index (χ0v) is 20.8. The highest BCUT2D eigenvalue weighted by Gasteiger charge is 2.25. The lowest BCUT2D eigenvalue weighted by Crippen LogP contribution is -2.37. The van der Waals surface area contributed by atoms with Crippen LogP contribution in [0, 0.1) is 5.92 Å². The molecule has 34 heavy (non-hydrogen) atoms. The van der Waals surface area contributed by atoms with Crippen molar-refractivity contribution >= 4 is 11.7 Å². The van der Waals surface area contributed by atoms with Crippen LogP contribution in [0.25, 0.3) is 11.3 Å². The molecule has 0 N–H and O–H groups in total. The van der Waals surface area contributed by atoms with Crippen molar-refractivity contribution in [1.82, 2.24) is 14.8 Å². The Morgan fingerprint density at radius 2 is 2.09 bits per heavy atom. The number of nitrogens with zero attached hydrogens (tertiary/aromatic N) is 4. The summed E-state index contributed by atoms with van der Waals surface area (Å²) in [5.41, 5.74) is 5.15. The van der Waals surface area contributed by atoms with E-state index >= 15 is 0 Å². The third-order valence-electron chi connectivity index (χ3n) is 6.79. The summed E-state index contributed by atoms with van der Waals surface area (Å²) >= 11 is 0. The Labute approximate surface area is 202 Å². The summed E-state index contributed by atoms with van der Waals surface area (Å²) in [5, 5.41) is 4.48. The van der Waals surface area contributed by atoms with Crippen molar-refractivity contribution in [3.8, 4) is 11.3 Å². The molecule has 2 saturated heterocycles. The molecule has 2 aromatic heterocycles. The number of esters is 1. The monoisotopic (exact) mass is 470 g/mol. The molecule has 186 valence electrons. The van der Waals surface area contributed by atoms with Crippen molar-refractivity contribution in [2.45, 2.75) is 71.7 Å². The van der Waals surface area contributed by atoms with Crippen LogP contribution in [0.4, 0.5) is 5.69 Å². The Morgan fingerprint density at radius 1 is 1.21 bits per heavy atom. The first-order valence-electron chi connectivity index (χ1n) is 12.7. The minimum absolute atomic E-state index is 0.0940. The van der Waals surface area contributed by atoms with E-state index in [-0.39, 0.29) is 12.3 Å². The summed E-state index contributed by atoms with van der Waals surface area (Å²) in [6, 6.07) is 4.26. The second-order valence-corrected chi connectivity index (χ2v) is 9.21. The van der Waals surface area contributed by atoms with Crippen LogP contribution in [0.3, 0.4) is 0 Å². The van der Waals surface area contributed by atoms with Crippen LogP contribution in [0.5, 0.6) is 0 Å². The van der Waals surface area contributed by atoms with Gasteiger partial charge in [0.15, 0.2) is 6.29 Å². The number of aromatic nitrogens is 3. The van der Waals surface area contributed by atoms with Gasteiger partial charge in [-0.25, -0.2) is 0 Å². The van der Waals surface area contributed by atoms with Gasteiger partial charge in [0.25, 0.3) is 0 Å². The van der Waals surface area contributed by atoms with E-state index in [2.05, 4.69) is 29.1 Å². The predicted octanol–water partition coefficient (Wildman–Crippen LogP) is 4.26. The second-order valence-electron chi connectivity index (χ2n) is 9.21. The fourth-order valence-corrected chi connectivity index (χ4v) is 4.96. The first kappa shape index (κ1) is 24.7. The van der Waals surface area contributed by atoms with Gasteiger partial charge in [-0.15, -0.1) is 0 Å². The molecule has 2 atom stereocenters. The third-order valence-corrected chi connectivity index (χ3v) is 6.79. The molecule has 0 aromatic carbocycles. The van der Waals surface area contributed by atoms with Crippen molar-refractivity contribution in [3.63, 3.8) is 0 Å². The van der Waals surface area contributed by atoms with E-state index in [1.165, 1.54) is 0 Å². The van der Waals surface area contributed by atoms with Crippen molar-refractivity contribution in [2.75, 3.05) is 31.2 Å². The molecule has 2 aliphatic heterocycles. The van der Waals surface area contributed by atoms with Gasteiger partial charge in [-0.1, -0.05) is 6.92 Å². The highest BCUT2D eigenvalue weighted by Crippen LogP contribution is 2.31. The van der Waals surface area contributed by atoms with Gasteiger partial charge < -0.3 is 19.1 Å². The zero-order valence-electron chi connectivity index (χ0n) is 20.8. The molecule has 8 nitrogen and oxygen atoms in total. The molecule has 1 unspecified atom stereocenters. The Kier molecular flexibility index (Phi) is 8.56. The second kappa shape index (κ2) is 11.8. The summed E-state index contributed by atoms with van der Waals surface area (Å²) < 4.78 is 18.8. The molecule has 2 aliphatic rings. The van der Waals surface area contributed by atoms with Crippen LogP contribution < -0.4 is 4.90 Å². The van der Waals surface area contributed by atoms with Crippen LogP contribution in [-0.4, -0.2) is 53.3 Å². The molecule has 0 spiro atoms. The lowest BCUT2D eigenvalue weighted by Gasteiger charge is -2.35. The average Bonchev–Trinajstić information content (AvgIpc) is 3.23. The quantitative estimate of drug-likeness (QED) is 0.507. The Bertz CT molecular complexity index is 954. The number of hydrogen-bond donors (Lipinski definition) is 0. The van der Waals surface area contributed by atoms with E-state index in [9.17, 15) is 4.79 Å². The molecule has 2 fully saturated rings. The lowest BCUT2D eigenvalue weighted by molar-refractivity contribution is -0.169. The average molecular weight is 471 g/mol. The Hall–Kier alpha value is -2.45. The molecule has 0 aliphatic carbocycles. The number of rotatable bonds is 9. The number of aryl methyl sites for hydroxylation is 2. The van der Waals surface area contributed by atoms with E-state index in [1.807, 2.05) is 24.9 Å². The van der Waals surface area contributed by atoms with Crippen molar-refractivity contribution < 1.29 is 19.0 Å². The van der Waals surface area contributed by atoms with Crippen LogP contribution in [0.1, 0.15) is 63.8 Å². The maximum atomic E-state index is 12.0. The fourth-order valence-electron chi connectivity index (χ4n) is 4.96. The van der Waals surface area contributed by atoms with E-state index in [0.717, 1.165) is 86.6 Å². The first-order chi connectivity index (χ1) is 16.6. The fraction of sp³-hybridized carbons (Fsp3) is 0.654. The summed E-state index contributed by atoms with van der Waals surface area (Å²) in [6.07, 6.45) is 8.38. The highest BCUT2D eigenvalue weighted by atomic mass is 16.7. The molecular weight excluding hydrogens is 432 g/mol. The molecular formula is C26H38N4O4. The predicted molar refractivity (Wildman–Crippen MR) is 130 cm³/mol. The van der Waals surface area contributed by atoms with Gasteiger partial charge in [-0.05, 0) is 63.5 Å². The van der Waals surface area contributed by atoms with Crippen LogP contribution >= 0.6 is 0 Å². The van der Waals surface area contributed by atoms with Gasteiger partial charge in [0.2, 0.25) is 0 Å². The van der Waals surface area contributed by atoms with E-state index in [0.29, 0.717) is 25.6 Å². The van der Waals surface area contributed by atoms with Gasteiger partial charge in [0.05, 0.1) is 48.6 Å². The minimum atomic E-state index is -0.139. The van der Waals surface area contributed by atoms with Gasteiger partial charge in [0.1, 0.15) is 0 Å². The number of carbonyl (C=O) groups excluding carboxylic acids is 1. The molecule has 4 rings (SSSR count). The number of pyridine rings is 1. The molecule has 0 saturated carbocycles. The maximum Gasteiger partial charge on any atom is 0.306 e. The zero-order chi connectivity index (χ0) is 23.9. The number of anilines is 1. The van der Waals surface area contributed by atoms with Gasteiger partial charge in [0, 0.05) is 32.3 Å². The number of piperidine rings is 1. The summed E-state index contributed by atoms with van der Waals surface area (Å²) in [5.74, 6) is 0.227. The Balaban J connectivity index is 1.49. The van der Waals surface area contributed by atoms with Crippen molar-refractivity contribution in [3.05, 3.63) is 29.7 Å². The van der Waals surface area contributed by atoms with Gasteiger partial charge >= 0.3 is 5.97 Å². The minimum Gasteiger partial charge on any atom is -0.466 e. The lowest BCUT2D eigenvalue weighted by atomic mass is 9.94. The van der Waals surface area contributed by atoms with E-state index in [4.69, 9.17) is 19.2 Å². The topological polar surface area (TPSA) is 78.7 Å². The van der Waals surface area contributed by atoms with Gasteiger partial charge in [-0.2, -0.15) is 5.10 Å². The molecule has 4 heterocycles. The van der Waals surface area contributed by atoms with Crippen LogP contribution in [0.2, 0.25) is 0 Å².